The molecule has 1 aromatic carbocycles. The van der Waals surface area contributed by atoms with Gasteiger partial charge in [-0.15, -0.1) is 11.8 Å². The van der Waals surface area contributed by atoms with Crippen LogP contribution in [0, 0.1) is 5.92 Å². The van der Waals surface area contributed by atoms with Crippen molar-refractivity contribution in [1.29, 1.82) is 0 Å². The van der Waals surface area contributed by atoms with E-state index in [1.165, 1.54) is 32.1 Å². The Balaban J connectivity index is 2.00. The van der Waals surface area contributed by atoms with Crippen molar-refractivity contribution in [3.8, 4) is 11.5 Å². The summed E-state index contributed by atoms with van der Waals surface area (Å²) in [5.74, 6) is 2.35. The van der Waals surface area contributed by atoms with Gasteiger partial charge in [0.1, 0.15) is 0 Å². The van der Waals surface area contributed by atoms with E-state index in [1.54, 1.807) is 14.2 Å². The third-order valence-electron chi connectivity index (χ3n) is 5.20. The highest BCUT2D eigenvalue weighted by molar-refractivity contribution is 8.00. The molecule has 1 aliphatic carbocycles. The molecule has 1 aliphatic heterocycles. The van der Waals surface area contributed by atoms with E-state index >= 15 is 0 Å². The molecule has 24 heavy (non-hydrogen) atoms. The molecular formula is C18H26N2O3S. The largest absolute Gasteiger partial charge is 0.493 e. The second-order valence-electron chi connectivity index (χ2n) is 6.55. The molecule has 2 aliphatic rings. The Morgan fingerprint density at radius 3 is 2.50 bits per heavy atom. The Hall–Kier alpha value is -1.40. The number of primary amides is 1. The average molecular weight is 350 g/mol. The molecule has 3 N–H and O–H groups in total. The van der Waals surface area contributed by atoms with E-state index in [1.807, 2.05) is 23.9 Å². The minimum Gasteiger partial charge on any atom is -0.493 e. The van der Waals surface area contributed by atoms with Crippen molar-refractivity contribution in [2.24, 2.45) is 11.7 Å². The minimum atomic E-state index is -0.287. The standard InChI is InChI=1S/C18H26N2O3S/c1-22-15-9-8-13(10-16(15)23-2)18(12-6-4-3-5-7-12)20-14(11-24-18)17(19)21/h8-10,12,14,20H,3-7,11H2,1-2H3,(H2,19,21). The number of thioether (sulfide) groups is 1. The van der Waals surface area contributed by atoms with Crippen LogP contribution in [0.25, 0.3) is 0 Å². The van der Waals surface area contributed by atoms with Crippen molar-refractivity contribution in [1.82, 2.24) is 5.32 Å². The monoisotopic (exact) mass is 350 g/mol. The van der Waals surface area contributed by atoms with Gasteiger partial charge in [-0.05, 0) is 36.5 Å². The first kappa shape index (κ1) is 17.4. The number of hydrogen-bond acceptors (Lipinski definition) is 5. The summed E-state index contributed by atoms with van der Waals surface area (Å²) in [6, 6.07) is 5.78. The Morgan fingerprint density at radius 2 is 1.92 bits per heavy atom. The van der Waals surface area contributed by atoms with E-state index in [0.29, 0.717) is 11.7 Å². The van der Waals surface area contributed by atoms with Gasteiger partial charge in [0, 0.05) is 5.75 Å². The molecule has 3 rings (SSSR count). The van der Waals surface area contributed by atoms with Gasteiger partial charge in [0.15, 0.2) is 11.5 Å². The third kappa shape index (κ3) is 3.09. The van der Waals surface area contributed by atoms with Gasteiger partial charge >= 0.3 is 0 Å². The number of amides is 1. The number of methoxy groups -OCH3 is 2. The van der Waals surface area contributed by atoms with Crippen molar-refractivity contribution in [2.75, 3.05) is 20.0 Å². The maximum absolute atomic E-state index is 11.7. The quantitative estimate of drug-likeness (QED) is 0.854. The molecule has 1 heterocycles. The topological polar surface area (TPSA) is 73.6 Å². The zero-order valence-corrected chi connectivity index (χ0v) is 15.2. The normalized spacial score (nSPS) is 27.8. The second-order valence-corrected chi connectivity index (χ2v) is 7.82. The van der Waals surface area contributed by atoms with Crippen LogP contribution >= 0.6 is 11.8 Å². The lowest BCUT2D eigenvalue weighted by Gasteiger charge is -2.40. The molecule has 132 valence electrons. The summed E-state index contributed by atoms with van der Waals surface area (Å²) in [7, 11) is 3.29. The van der Waals surface area contributed by atoms with Gasteiger partial charge in [0.2, 0.25) is 5.91 Å². The summed E-state index contributed by atoms with van der Waals surface area (Å²) >= 11 is 1.81. The lowest BCUT2D eigenvalue weighted by atomic mass is 9.80. The van der Waals surface area contributed by atoms with Crippen molar-refractivity contribution >= 4 is 17.7 Å². The van der Waals surface area contributed by atoms with Crippen LogP contribution in [0.4, 0.5) is 0 Å². The van der Waals surface area contributed by atoms with Gasteiger partial charge in [-0.1, -0.05) is 25.3 Å². The molecule has 1 aromatic rings. The lowest BCUT2D eigenvalue weighted by Crippen LogP contribution is -2.49. The molecule has 2 atom stereocenters. The summed E-state index contributed by atoms with van der Waals surface area (Å²) in [4.78, 5) is 11.5. The number of nitrogens with two attached hydrogens (primary N) is 1. The van der Waals surface area contributed by atoms with E-state index < -0.39 is 0 Å². The van der Waals surface area contributed by atoms with Crippen LogP contribution in [0.15, 0.2) is 18.2 Å². The summed E-state index contributed by atoms with van der Waals surface area (Å²) in [6.45, 7) is 0. The molecule has 0 radical (unpaired) electrons. The van der Waals surface area contributed by atoms with Crippen LogP contribution in [-0.2, 0) is 9.67 Å². The summed E-state index contributed by atoms with van der Waals surface area (Å²) in [6.07, 6.45) is 6.11. The van der Waals surface area contributed by atoms with Crippen LogP contribution in [0.1, 0.15) is 37.7 Å². The van der Waals surface area contributed by atoms with E-state index in [0.717, 1.165) is 17.1 Å². The van der Waals surface area contributed by atoms with Gasteiger partial charge in [-0.3, -0.25) is 10.1 Å². The fourth-order valence-electron chi connectivity index (χ4n) is 3.92. The highest BCUT2D eigenvalue weighted by atomic mass is 32.2. The molecule has 0 spiro atoms. The first-order valence-electron chi connectivity index (χ1n) is 8.54. The number of nitrogens with one attached hydrogen (secondary N) is 1. The predicted octanol–water partition coefficient (Wildman–Crippen LogP) is 2.63. The Bertz CT molecular complexity index is 604. The number of benzene rings is 1. The summed E-state index contributed by atoms with van der Waals surface area (Å²) in [5, 5.41) is 3.57. The van der Waals surface area contributed by atoms with Crippen LogP contribution in [-0.4, -0.2) is 31.9 Å². The van der Waals surface area contributed by atoms with Gasteiger partial charge in [-0.2, -0.15) is 0 Å². The molecular weight excluding hydrogens is 324 g/mol. The Morgan fingerprint density at radius 1 is 1.21 bits per heavy atom. The van der Waals surface area contributed by atoms with Gasteiger partial charge in [0.25, 0.3) is 0 Å². The SMILES string of the molecule is COc1ccc(C2(C3CCCCC3)NC(C(N)=O)CS2)cc1OC. The van der Waals surface area contributed by atoms with Crippen molar-refractivity contribution in [3.05, 3.63) is 23.8 Å². The van der Waals surface area contributed by atoms with E-state index in [4.69, 9.17) is 15.2 Å². The van der Waals surface area contributed by atoms with Gasteiger partial charge in [0.05, 0.1) is 25.1 Å². The minimum absolute atomic E-state index is 0.277. The smallest absolute Gasteiger partial charge is 0.235 e. The van der Waals surface area contributed by atoms with E-state index in [9.17, 15) is 4.79 Å². The zero-order valence-electron chi connectivity index (χ0n) is 14.3. The van der Waals surface area contributed by atoms with Crippen LogP contribution in [0.3, 0.4) is 0 Å². The lowest BCUT2D eigenvalue weighted by molar-refractivity contribution is -0.119. The Kier molecular flexibility index (Phi) is 5.25. The van der Waals surface area contributed by atoms with Crippen LogP contribution < -0.4 is 20.5 Å². The summed E-state index contributed by atoms with van der Waals surface area (Å²) < 4.78 is 10.9. The fourth-order valence-corrected chi connectivity index (χ4v) is 5.59. The Labute approximate surface area is 147 Å². The average Bonchev–Trinajstić information content (AvgIpc) is 3.09. The fraction of sp³-hybridized carbons (Fsp3) is 0.611. The van der Waals surface area contributed by atoms with Gasteiger partial charge < -0.3 is 15.2 Å². The number of carbonyl (C=O) groups excluding carboxylic acids is 1. The molecule has 1 saturated carbocycles. The zero-order chi connectivity index (χ0) is 17.2. The molecule has 2 fully saturated rings. The molecule has 5 nitrogen and oxygen atoms in total. The second kappa shape index (κ2) is 7.23. The summed E-state index contributed by atoms with van der Waals surface area (Å²) in [5.41, 5.74) is 6.71. The maximum atomic E-state index is 11.7. The highest BCUT2D eigenvalue weighted by Gasteiger charge is 2.48. The van der Waals surface area contributed by atoms with Gasteiger partial charge in [-0.25, -0.2) is 0 Å². The molecule has 6 heteroatoms. The number of ether oxygens (including phenoxy) is 2. The van der Waals surface area contributed by atoms with Crippen molar-refractivity contribution < 1.29 is 14.3 Å². The van der Waals surface area contributed by atoms with Crippen LogP contribution in [0.2, 0.25) is 0 Å². The van der Waals surface area contributed by atoms with E-state index in [-0.39, 0.29) is 16.8 Å². The third-order valence-corrected chi connectivity index (χ3v) is 6.84. The maximum Gasteiger partial charge on any atom is 0.235 e. The number of carbonyl (C=O) groups is 1. The molecule has 0 aromatic heterocycles. The van der Waals surface area contributed by atoms with Crippen LogP contribution in [0.5, 0.6) is 11.5 Å². The first-order chi connectivity index (χ1) is 11.6. The van der Waals surface area contributed by atoms with Crippen molar-refractivity contribution in [2.45, 2.75) is 43.0 Å². The van der Waals surface area contributed by atoms with E-state index in [2.05, 4.69) is 11.4 Å². The molecule has 0 bridgehead atoms. The van der Waals surface area contributed by atoms with Crippen molar-refractivity contribution in [3.63, 3.8) is 0 Å². The first-order valence-corrected chi connectivity index (χ1v) is 9.52. The number of hydrogen-bond donors (Lipinski definition) is 2. The molecule has 1 amide bonds. The number of rotatable bonds is 5. The molecule has 1 saturated heterocycles. The molecule has 2 unspecified atom stereocenters. The predicted molar refractivity (Wildman–Crippen MR) is 96.4 cm³/mol. The highest BCUT2D eigenvalue weighted by Crippen LogP contribution is 2.51.